The van der Waals surface area contributed by atoms with E-state index in [-0.39, 0.29) is 12.5 Å². The van der Waals surface area contributed by atoms with Crippen LogP contribution in [0.3, 0.4) is 0 Å². The number of benzene rings is 1. The van der Waals surface area contributed by atoms with E-state index in [0.717, 1.165) is 12.0 Å². The highest BCUT2D eigenvalue weighted by Crippen LogP contribution is 2.18. The number of carboxylic acids is 1. The highest BCUT2D eigenvalue weighted by Gasteiger charge is 2.20. The van der Waals surface area contributed by atoms with Crippen LogP contribution in [0.5, 0.6) is 0 Å². The summed E-state index contributed by atoms with van der Waals surface area (Å²) < 4.78 is 0. The molecule has 0 fully saturated rings. The molecule has 0 bridgehead atoms. The fourth-order valence-electron chi connectivity index (χ4n) is 1.91. The van der Waals surface area contributed by atoms with Crippen molar-refractivity contribution >= 4 is 5.97 Å². The van der Waals surface area contributed by atoms with Crippen molar-refractivity contribution in [3.05, 3.63) is 35.4 Å². The third kappa shape index (κ3) is 3.84. The molecule has 1 aromatic carbocycles. The molecule has 0 radical (unpaired) electrons. The number of aryl methyl sites for hydroxylation is 1. The van der Waals surface area contributed by atoms with Gasteiger partial charge in [0.15, 0.2) is 0 Å². The number of aliphatic carboxylic acids is 1. The zero-order chi connectivity index (χ0) is 12.8. The Morgan fingerprint density at radius 1 is 1.41 bits per heavy atom. The van der Waals surface area contributed by atoms with E-state index in [2.05, 4.69) is 12.2 Å². The van der Waals surface area contributed by atoms with Crippen LogP contribution >= 0.6 is 0 Å². The average Bonchev–Trinajstić information content (AvgIpc) is 2.30. The highest BCUT2D eigenvalue weighted by molar-refractivity contribution is 5.67. The molecule has 0 amide bonds. The SMILES string of the molecule is CCc1ccc(C(NC)C(N)CC(=O)O)cc1. The second-order valence-electron chi connectivity index (χ2n) is 4.12. The third-order valence-electron chi connectivity index (χ3n) is 2.90. The van der Waals surface area contributed by atoms with Gasteiger partial charge in [-0.3, -0.25) is 4.79 Å². The molecule has 0 aromatic heterocycles. The summed E-state index contributed by atoms with van der Waals surface area (Å²) in [6, 6.07) is 7.55. The molecule has 0 saturated heterocycles. The van der Waals surface area contributed by atoms with Crippen molar-refractivity contribution in [2.24, 2.45) is 5.73 Å². The van der Waals surface area contributed by atoms with Gasteiger partial charge in [-0.2, -0.15) is 0 Å². The first kappa shape index (κ1) is 13.7. The Morgan fingerprint density at radius 3 is 2.41 bits per heavy atom. The molecule has 2 atom stereocenters. The number of rotatable bonds is 6. The van der Waals surface area contributed by atoms with Crippen LogP contribution in [0.15, 0.2) is 24.3 Å². The largest absolute Gasteiger partial charge is 0.481 e. The smallest absolute Gasteiger partial charge is 0.304 e. The molecule has 1 rings (SSSR count). The summed E-state index contributed by atoms with van der Waals surface area (Å²) >= 11 is 0. The van der Waals surface area contributed by atoms with Gasteiger partial charge in [-0.15, -0.1) is 0 Å². The molecule has 1 aromatic rings. The molecule has 4 heteroatoms. The number of nitrogens with one attached hydrogen (secondary N) is 1. The second-order valence-corrected chi connectivity index (χ2v) is 4.12. The molecule has 4 nitrogen and oxygen atoms in total. The van der Waals surface area contributed by atoms with Gasteiger partial charge in [0.2, 0.25) is 0 Å². The van der Waals surface area contributed by atoms with E-state index in [1.54, 1.807) is 7.05 Å². The molecule has 0 heterocycles. The first-order valence-electron chi connectivity index (χ1n) is 5.82. The van der Waals surface area contributed by atoms with Crippen molar-refractivity contribution in [3.63, 3.8) is 0 Å². The van der Waals surface area contributed by atoms with Crippen molar-refractivity contribution < 1.29 is 9.90 Å². The molecule has 94 valence electrons. The van der Waals surface area contributed by atoms with Crippen LogP contribution < -0.4 is 11.1 Å². The Bertz CT molecular complexity index is 362. The van der Waals surface area contributed by atoms with Gasteiger partial charge in [-0.05, 0) is 24.6 Å². The Labute approximate surface area is 102 Å². The fourth-order valence-corrected chi connectivity index (χ4v) is 1.91. The number of carboxylic acid groups (broad SMARTS) is 1. The molecule has 17 heavy (non-hydrogen) atoms. The van der Waals surface area contributed by atoms with Crippen LogP contribution in [0.1, 0.15) is 30.5 Å². The van der Waals surface area contributed by atoms with Crippen molar-refractivity contribution in [1.29, 1.82) is 0 Å². The minimum Gasteiger partial charge on any atom is -0.481 e. The normalized spacial score (nSPS) is 14.3. The Balaban J connectivity index is 2.81. The van der Waals surface area contributed by atoms with E-state index in [1.807, 2.05) is 24.3 Å². The van der Waals surface area contributed by atoms with Gasteiger partial charge in [0.05, 0.1) is 6.42 Å². The molecule has 2 unspecified atom stereocenters. The Kier molecular flexibility index (Phi) is 5.12. The lowest BCUT2D eigenvalue weighted by Crippen LogP contribution is -2.37. The van der Waals surface area contributed by atoms with Gasteiger partial charge in [-0.1, -0.05) is 31.2 Å². The summed E-state index contributed by atoms with van der Waals surface area (Å²) in [5.41, 5.74) is 8.17. The lowest BCUT2D eigenvalue weighted by atomic mass is 9.96. The molecule has 0 aliphatic heterocycles. The van der Waals surface area contributed by atoms with Crippen molar-refractivity contribution in [2.45, 2.75) is 31.8 Å². The first-order valence-corrected chi connectivity index (χ1v) is 5.82. The summed E-state index contributed by atoms with van der Waals surface area (Å²) in [6.07, 6.45) is 0.951. The predicted molar refractivity (Wildman–Crippen MR) is 67.8 cm³/mol. The molecular weight excluding hydrogens is 216 g/mol. The quantitative estimate of drug-likeness (QED) is 0.696. The second kappa shape index (κ2) is 6.37. The Morgan fingerprint density at radius 2 is 2.00 bits per heavy atom. The number of hydrogen-bond acceptors (Lipinski definition) is 3. The van der Waals surface area contributed by atoms with E-state index in [1.165, 1.54) is 5.56 Å². The van der Waals surface area contributed by atoms with Crippen LogP contribution in [0.25, 0.3) is 0 Å². The van der Waals surface area contributed by atoms with E-state index in [4.69, 9.17) is 10.8 Å². The van der Waals surface area contributed by atoms with E-state index in [0.29, 0.717) is 0 Å². The van der Waals surface area contributed by atoms with Crippen LogP contribution in [-0.4, -0.2) is 24.2 Å². The van der Waals surface area contributed by atoms with Crippen LogP contribution in [0.4, 0.5) is 0 Å². The molecule has 0 spiro atoms. The topological polar surface area (TPSA) is 75.3 Å². The summed E-state index contributed by atoms with van der Waals surface area (Å²) in [6.45, 7) is 2.10. The maximum Gasteiger partial charge on any atom is 0.304 e. The molecule has 4 N–H and O–H groups in total. The van der Waals surface area contributed by atoms with Gasteiger partial charge >= 0.3 is 5.97 Å². The third-order valence-corrected chi connectivity index (χ3v) is 2.90. The van der Waals surface area contributed by atoms with Crippen molar-refractivity contribution in [3.8, 4) is 0 Å². The van der Waals surface area contributed by atoms with Crippen molar-refractivity contribution in [2.75, 3.05) is 7.05 Å². The zero-order valence-electron chi connectivity index (χ0n) is 10.3. The summed E-state index contributed by atoms with van der Waals surface area (Å²) in [7, 11) is 1.79. The number of carbonyl (C=O) groups is 1. The van der Waals surface area contributed by atoms with Crippen LogP contribution in [-0.2, 0) is 11.2 Å². The first-order chi connectivity index (χ1) is 8.08. The van der Waals surface area contributed by atoms with Crippen LogP contribution in [0, 0.1) is 0 Å². The summed E-state index contributed by atoms with van der Waals surface area (Å²) in [5.74, 6) is -0.872. The summed E-state index contributed by atoms with van der Waals surface area (Å²) in [5, 5.41) is 11.8. The predicted octanol–water partition coefficient (Wildman–Crippen LogP) is 1.31. The number of hydrogen-bond donors (Lipinski definition) is 3. The lowest BCUT2D eigenvalue weighted by Gasteiger charge is -2.22. The fraction of sp³-hybridized carbons (Fsp3) is 0.462. The maximum absolute atomic E-state index is 10.7. The minimum atomic E-state index is -0.872. The average molecular weight is 236 g/mol. The van der Waals surface area contributed by atoms with Crippen molar-refractivity contribution in [1.82, 2.24) is 5.32 Å². The summed E-state index contributed by atoms with van der Waals surface area (Å²) in [4.78, 5) is 10.7. The standard InChI is InChI=1S/C13H20N2O2/c1-3-9-4-6-10(7-5-9)13(15-2)11(14)8-12(16)17/h4-7,11,13,15H,3,8,14H2,1-2H3,(H,16,17). The van der Waals surface area contributed by atoms with Crippen LogP contribution in [0.2, 0.25) is 0 Å². The highest BCUT2D eigenvalue weighted by atomic mass is 16.4. The molecular formula is C13H20N2O2. The van der Waals surface area contributed by atoms with E-state index < -0.39 is 12.0 Å². The Hall–Kier alpha value is -1.39. The van der Waals surface area contributed by atoms with Gasteiger partial charge < -0.3 is 16.2 Å². The van der Waals surface area contributed by atoms with Gasteiger partial charge in [0.25, 0.3) is 0 Å². The maximum atomic E-state index is 10.7. The minimum absolute atomic E-state index is 0.0406. The van der Waals surface area contributed by atoms with E-state index >= 15 is 0 Å². The van der Waals surface area contributed by atoms with Gasteiger partial charge in [-0.25, -0.2) is 0 Å². The number of nitrogens with two attached hydrogens (primary N) is 1. The molecule has 0 aliphatic rings. The zero-order valence-corrected chi connectivity index (χ0v) is 10.3. The lowest BCUT2D eigenvalue weighted by molar-refractivity contribution is -0.137. The van der Waals surface area contributed by atoms with Gasteiger partial charge in [0.1, 0.15) is 0 Å². The number of likely N-dealkylation sites (N-methyl/N-ethyl adjacent to an activating group) is 1. The monoisotopic (exact) mass is 236 g/mol. The van der Waals surface area contributed by atoms with Gasteiger partial charge in [0, 0.05) is 12.1 Å². The molecule has 0 aliphatic carbocycles. The molecule has 0 saturated carbocycles. The van der Waals surface area contributed by atoms with E-state index in [9.17, 15) is 4.79 Å².